The molecule has 1 aliphatic heterocycles. The van der Waals surface area contributed by atoms with Gasteiger partial charge in [0.05, 0.1) is 6.54 Å². The molecule has 2 aromatic rings. The number of hydrogen-bond donors (Lipinski definition) is 0. The summed E-state index contributed by atoms with van der Waals surface area (Å²) in [7, 11) is 0. The van der Waals surface area contributed by atoms with Crippen molar-refractivity contribution in [2.45, 2.75) is 32.7 Å². The molecule has 0 bridgehead atoms. The van der Waals surface area contributed by atoms with Gasteiger partial charge in [0, 0.05) is 29.9 Å². The molecule has 116 valence electrons. The van der Waals surface area contributed by atoms with Gasteiger partial charge in [-0.05, 0) is 43.9 Å². The molecule has 2 heterocycles. The van der Waals surface area contributed by atoms with E-state index in [2.05, 4.69) is 9.88 Å². The fourth-order valence-electron chi connectivity index (χ4n) is 2.86. The summed E-state index contributed by atoms with van der Waals surface area (Å²) in [5, 5.41) is 0.703. The quantitative estimate of drug-likeness (QED) is 0.872. The molecule has 0 N–H and O–H groups in total. The predicted octanol–water partition coefficient (Wildman–Crippen LogP) is 3.24. The number of aromatic nitrogens is 2. The van der Waals surface area contributed by atoms with Gasteiger partial charge in [0.15, 0.2) is 0 Å². The largest absolute Gasteiger partial charge is 0.342 e. The molecule has 0 amide bonds. The topological polar surface area (TPSA) is 38.1 Å². The van der Waals surface area contributed by atoms with Crippen LogP contribution in [0.1, 0.15) is 30.5 Å². The molecular formula is C17H20ClN3O. The van der Waals surface area contributed by atoms with E-state index in [0.29, 0.717) is 11.6 Å². The van der Waals surface area contributed by atoms with Gasteiger partial charge in [-0.2, -0.15) is 0 Å². The first-order valence-electron chi connectivity index (χ1n) is 7.71. The van der Waals surface area contributed by atoms with E-state index in [-0.39, 0.29) is 5.56 Å². The Labute approximate surface area is 135 Å². The van der Waals surface area contributed by atoms with E-state index in [1.807, 2.05) is 31.2 Å². The number of rotatable bonds is 3. The lowest BCUT2D eigenvalue weighted by Crippen LogP contribution is -2.36. The number of anilines is 1. The number of aryl methyl sites for hydroxylation is 1. The predicted molar refractivity (Wildman–Crippen MR) is 89.9 cm³/mol. The highest BCUT2D eigenvalue weighted by molar-refractivity contribution is 6.30. The average molecular weight is 318 g/mol. The Morgan fingerprint density at radius 3 is 2.50 bits per heavy atom. The van der Waals surface area contributed by atoms with Gasteiger partial charge in [-0.1, -0.05) is 23.7 Å². The van der Waals surface area contributed by atoms with Gasteiger partial charge in [-0.15, -0.1) is 0 Å². The van der Waals surface area contributed by atoms with Crippen LogP contribution < -0.4 is 10.5 Å². The van der Waals surface area contributed by atoms with Gasteiger partial charge in [0.2, 0.25) is 5.95 Å². The minimum Gasteiger partial charge on any atom is -0.342 e. The second kappa shape index (κ2) is 6.53. The van der Waals surface area contributed by atoms with Crippen LogP contribution in [0.25, 0.3) is 0 Å². The lowest BCUT2D eigenvalue weighted by Gasteiger charge is -2.29. The van der Waals surface area contributed by atoms with Gasteiger partial charge in [0.25, 0.3) is 5.56 Å². The zero-order valence-corrected chi connectivity index (χ0v) is 13.5. The molecule has 0 spiro atoms. The monoisotopic (exact) mass is 317 g/mol. The third kappa shape index (κ3) is 3.33. The molecule has 0 saturated carbocycles. The number of hydrogen-bond acceptors (Lipinski definition) is 3. The van der Waals surface area contributed by atoms with Crippen LogP contribution in [0.3, 0.4) is 0 Å². The Morgan fingerprint density at radius 2 is 1.82 bits per heavy atom. The number of piperidine rings is 1. The van der Waals surface area contributed by atoms with E-state index in [0.717, 1.165) is 43.1 Å². The number of nitrogens with zero attached hydrogens (tertiary/aromatic N) is 3. The van der Waals surface area contributed by atoms with Crippen LogP contribution in [0, 0.1) is 6.92 Å². The molecule has 0 atom stereocenters. The Hall–Kier alpha value is -1.81. The summed E-state index contributed by atoms with van der Waals surface area (Å²) >= 11 is 5.93. The second-order valence-electron chi connectivity index (χ2n) is 5.80. The zero-order chi connectivity index (χ0) is 15.5. The van der Waals surface area contributed by atoms with Crippen molar-refractivity contribution in [3.8, 4) is 0 Å². The van der Waals surface area contributed by atoms with E-state index in [9.17, 15) is 4.79 Å². The summed E-state index contributed by atoms with van der Waals surface area (Å²) < 4.78 is 1.77. The van der Waals surface area contributed by atoms with Crippen molar-refractivity contribution < 1.29 is 0 Å². The van der Waals surface area contributed by atoms with Crippen molar-refractivity contribution in [1.29, 1.82) is 0 Å². The fourth-order valence-corrected chi connectivity index (χ4v) is 2.99. The normalized spacial score (nSPS) is 15.1. The van der Waals surface area contributed by atoms with E-state index in [1.165, 1.54) is 6.42 Å². The minimum atomic E-state index is 0.00280. The zero-order valence-electron chi connectivity index (χ0n) is 12.8. The molecule has 1 saturated heterocycles. The highest BCUT2D eigenvalue weighted by Crippen LogP contribution is 2.18. The molecular weight excluding hydrogens is 298 g/mol. The Morgan fingerprint density at radius 1 is 1.14 bits per heavy atom. The van der Waals surface area contributed by atoms with Gasteiger partial charge < -0.3 is 4.90 Å². The maximum atomic E-state index is 12.4. The third-order valence-electron chi connectivity index (χ3n) is 4.01. The van der Waals surface area contributed by atoms with Crippen molar-refractivity contribution in [1.82, 2.24) is 9.55 Å². The molecule has 5 heteroatoms. The number of halogens is 1. The fraction of sp³-hybridized carbons (Fsp3) is 0.412. The maximum Gasteiger partial charge on any atom is 0.255 e. The summed E-state index contributed by atoms with van der Waals surface area (Å²) in [5.41, 5.74) is 1.83. The van der Waals surface area contributed by atoms with Crippen LogP contribution in [0.15, 0.2) is 35.1 Å². The minimum absolute atomic E-state index is 0.00280. The summed E-state index contributed by atoms with van der Waals surface area (Å²) in [6.07, 6.45) is 3.57. The first kappa shape index (κ1) is 15.1. The molecule has 1 aromatic carbocycles. The Balaban J connectivity index is 1.97. The Bertz CT molecular complexity index is 703. The molecule has 1 aliphatic rings. The first-order valence-corrected chi connectivity index (χ1v) is 8.09. The van der Waals surface area contributed by atoms with Crippen LogP contribution >= 0.6 is 11.6 Å². The van der Waals surface area contributed by atoms with Crippen LogP contribution in [0.4, 0.5) is 5.95 Å². The summed E-state index contributed by atoms with van der Waals surface area (Å²) in [6.45, 7) is 4.34. The van der Waals surface area contributed by atoms with E-state index in [4.69, 9.17) is 11.6 Å². The summed E-state index contributed by atoms with van der Waals surface area (Å²) in [5.74, 6) is 0.791. The lowest BCUT2D eigenvalue weighted by atomic mass is 10.1. The SMILES string of the molecule is Cc1cc(=O)n(Cc2ccc(Cl)cc2)c(N2CCCCC2)n1. The van der Waals surface area contributed by atoms with Gasteiger partial charge in [-0.25, -0.2) is 4.98 Å². The maximum absolute atomic E-state index is 12.4. The van der Waals surface area contributed by atoms with Crippen LogP contribution in [-0.4, -0.2) is 22.6 Å². The highest BCUT2D eigenvalue weighted by atomic mass is 35.5. The first-order chi connectivity index (χ1) is 10.6. The summed E-state index contributed by atoms with van der Waals surface area (Å²) in [6, 6.07) is 9.21. The van der Waals surface area contributed by atoms with Crippen LogP contribution in [0.2, 0.25) is 5.02 Å². The molecule has 3 rings (SSSR count). The van der Waals surface area contributed by atoms with Crippen LogP contribution in [-0.2, 0) is 6.54 Å². The van der Waals surface area contributed by atoms with E-state index < -0.39 is 0 Å². The molecule has 0 radical (unpaired) electrons. The standard InChI is InChI=1S/C17H20ClN3O/c1-13-11-16(22)21(12-14-5-7-15(18)8-6-14)17(19-13)20-9-3-2-4-10-20/h5-8,11H,2-4,9-10,12H2,1H3. The van der Waals surface area contributed by atoms with Crippen molar-refractivity contribution in [2.24, 2.45) is 0 Å². The van der Waals surface area contributed by atoms with Crippen molar-refractivity contribution in [2.75, 3.05) is 18.0 Å². The van der Waals surface area contributed by atoms with Crippen molar-refractivity contribution in [3.63, 3.8) is 0 Å². The molecule has 22 heavy (non-hydrogen) atoms. The average Bonchev–Trinajstić information content (AvgIpc) is 2.52. The molecule has 0 unspecified atom stereocenters. The van der Waals surface area contributed by atoms with Crippen LogP contribution in [0.5, 0.6) is 0 Å². The molecule has 0 aliphatic carbocycles. The van der Waals surface area contributed by atoms with Gasteiger partial charge in [-0.3, -0.25) is 9.36 Å². The highest BCUT2D eigenvalue weighted by Gasteiger charge is 2.17. The van der Waals surface area contributed by atoms with Gasteiger partial charge in [0.1, 0.15) is 0 Å². The molecule has 4 nitrogen and oxygen atoms in total. The lowest BCUT2D eigenvalue weighted by molar-refractivity contribution is 0.550. The second-order valence-corrected chi connectivity index (χ2v) is 6.23. The van der Waals surface area contributed by atoms with Crippen molar-refractivity contribution in [3.05, 3.63) is 57.0 Å². The third-order valence-corrected chi connectivity index (χ3v) is 4.26. The van der Waals surface area contributed by atoms with E-state index >= 15 is 0 Å². The van der Waals surface area contributed by atoms with Crippen molar-refractivity contribution >= 4 is 17.5 Å². The number of benzene rings is 1. The van der Waals surface area contributed by atoms with Gasteiger partial charge >= 0.3 is 0 Å². The van der Waals surface area contributed by atoms with E-state index in [1.54, 1.807) is 10.6 Å². The Kier molecular flexibility index (Phi) is 4.48. The smallest absolute Gasteiger partial charge is 0.255 e. The summed E-state index contributed by atoms with van der Waals surface area (Å²) in [4.78, 5) is 19.3. The molecule has 1 aromatic heterocycles. The molecule has 1 fully saturated rings.